The highest BCUT2D eigenvalue weighted by Gasteiger charge is 2.55. The van der Waals surface area contributed by atoms with E-state index in [0.29, 0.717) is 6.92 Å². The molecule has 0 bridgehead atoms. The molecule has 1 aliphatic carbocycles. The van der Waals surface area contributed by atoms with Crippen LogP contribution in [0.5, 0.6) is 0 Å². The molecular formula is C15H12BrF3N2O. The Bertz CT molecular complexity index is 716. The molecule has 3 nitrogen and oxygen atoms in total. The van der Waals surface area contributed by atoms with Gasteiger partial charge in [-0.25, -0.2) is 18.0 Å². The van der Waals surface area contributed by atoms with Gasteiger partial charge in [-0.2, -0.15) is 0 Å². The van der Waals surface area contributed by atoms with E-state index in [4.69, 9.17) is 0 Å². The Morgan fingerprint density at radius 1 is 1.41 bits per heavy atom. The topological polar surface area (TPSA) is 41.1 Å². The van der Waals surface area contributed by atoms with E-state index < -0.39 is 23.3 Å². The number of carbonyl (C=O) groups excluding carboxylic acids is 1. The van der Waals surface area contributed by atoms with Crippen LogP contribution in [0.15, 0.2) is 16.6 Å². The second-order valence-electron chi connectivity index (χ2n) is 5.57. The molecule has 2 aliphatic rings. The molecule has 2 N–H and O–H groups in total. The molecule has 1 fully saturated rings. The van der Waals surface area contributed by atoms with E-state index in [-0.39, 0.29) is 21.6 Å². The van der Waals surface area contributed by atoms with Gasteiger partial charge < -0.3 is 10.6 Å². The van der Waals surface area contributed by atoms with Crippen LogP contribution in [0.25, 0.3) is 0 Å². The first-order valence-corrected chi connectivity index (χ1v) is 7.51. The number of anilines is 1. The van der Waals surface area contributed by atoms with Crippen molar-refractivity contribution in [1.29, 1.82) is 0 Å². The summed E-state index contributed by atoms with van der Waals surface area (Å²) in [7, 11) is 0. The largest absolute Gasteiger partial charge is 0.320 e. The van der Waals surface area contributed by atoms with Crippen molar-refractivity contribution in [1.82, 2.24) is 5.32 Å². The highest BCUT2D eigenvalue weighted by atomic mass is 79.9. The van der Waals surface area contributed by atoms with E-state index >= 15 is 0 Å². The number of hydrogen-bond donors (Lipinski definition) is 2. The monoisotopic (exact) mass is 372 g/mol. The molecule has 2 amide bonds. The molecule has 1 saturated carbocycles. The van der Waals surface area contributed by atoms with Crippen molar-refractivity contribution < 1.29 is 18.0 Å². The molecule has 0 spiro atoms. The van der Waals surface area contributed by atoms with Crippen LogP contribution in [0.1, 0.15) is 25.3 Å². The van der Waals surface area contributed by atoms with E-state index in [1.807, 2.05) is 0 Å². The van der Waals surface area contributed by atoms with Crippen molar-refractivity contribution in [2.45, 2.75) is 31.2 Å². The smallest absolute Gasteiger partial charge is 0.312 e. The Labute approximate surface area is 133 Å². The molecule has 116 valence electrons. The lowest BCUT2D eigenvalue weighted by Gasteiger charge is -2.39. The normalized spacial score (nSPS) is 23.8. The number of fused-ring (bicyclic) bond motifs is 1. The molecule has 0 aromatic heterocycles. The average Bonchev–Trinajstić information content (AvgIpc) is 3.21. The van der Waals surface area contributed by atoms with Crippen LogP contribution in [0.4, 0.5) is 23.7 Å². The van der Waals surface area contributed by atoms with Crippen LogP contribution in [0.2, 0.25) is 0 Å². The van der Waals surface area contributed by atoms with Gasteiger partial charge in [-0.15, -0.1) is 0 Å². The van der Waals surface area contributed by atoms with E-state index in [1.54, 1.807) is 0 Å². The lowest BCUT2D eigenvalue weighted by atomic mass is 9.82. The molecule has 1 aromatic rings. The van der Waals surface area contributed by atoms with Gasteiger partial charge in [0.2, 0.25) is 0 Å². The number of hydrogen-bond acceptors (Lipinski definition) is 1. The number of nitrogens with one attached hydrogen (secondary N) is 2. The van der Waals surface area contributed by atoms with Crippen LogP contribution in [-0.4, -0.2) is 12.0 Å². The molecule has 1 atom stereocenters. The van der Waals surface area contributed by atoms with Gasteiger partial charge in [0.1, 0.15) is 5.82 Å². The molecule has 1 aliphatic heterocycles. The molecule has 1 aromatic carbocycles. The SMILES string of the molecule is CC(F)(F)[C@@]1(C#CC2CC2)NC(=O)Nc2cc(Br)c(F)cc21. The molecule has 3 rings (SSSR count). The zero-order chi connectivity index (χ0) is 16.1. The molecule has 0 saturated heterocycles. The summed E-state index contributed by atoms with van der Waals surface area (Å²) >= 11 is 2.98. The van der Waals surface area contributed by atoms with Crippen molar-refractivity contribution in [2.75, 3.05) is 5.32 Å². The minimum atomic E-state index is -3.39. The first kappa shape index (κ1) is 15.2. The lowest BCUT2D eigenvalue weighted by molar-refractivity contribution is -0.0465. The Morgan fingerprint density at radius 2 is 2.09 bits per heavy atom. The quantitative estimate of drug-likeness (QED) is 0.719. The molecule has 22 heavy (non-hydrogen) atoms. The fraction of sp³-hybridized carbons (Fsp3) is 0.400. The van der Waals surface area contributed by atoms with Crippen LogP contribution in [0, 0.1) is 23.6 Å². The number of rotatable bonds is 1. The zero-order valence-electron chi connectivity index (χ0n) is 11.6. The summed E-state index contributed by atoms with van der Waals surface area (Å²) in [5, 5.41) is 4.61. The maximum absolute atomic E-state index is 14.3. The number of alkyl halides is 2. The summed E-state index contributed by atoms with van der Waals surface area (Å²) in [5.74, 6) is 1.26. The standard InChI is InChI=1S/C15H12BrF3N2O/c1-14(18,19)15(5-4-8-2-3-8)9-6-11(17)10(16)7-12(9)20-13(22)21-15/h6-8H,2-3H2,1H3,(H2,20,21,22)/t15-/m0/s1. The molecule has 7 heteroatoms. The number of amides is 2. The highest BCUT2D eigenvalue weighted by Crippen LogP contribution is 2.44. The van der Waals surface area contributed by atoms with Gasteiger partial charge in [0.25, 0.3) is 5.92 Å². The number of benzene rings is 1. The minimum Gasteiger partial charge on any atom is -0.312 e. The second-order valence-corrected chi connectivity index (χ2v) is 6.43. The molecular weight excluding hydrogens is 361 g/mol. The summed E-state index contributed by atoms with van der Waals surface area (Å²) in [6.45, 7) is 0.671. The van der Waals surface area contributed by atoms with Crippen molar-refractivity contribution in [2.24, 2.45) is 5.92 Å². The summed E-state index contributed by atoms with van der Waals surface area (Å²) in [6, 6.07) is 1.45. The number of carbonyl (C=O) groups is 1. The van der Waals surface area contributed by atoms with Crippen molar-refractivity contribution in [3.05, 3.63) is 28.0 Å². The van der Waals surface area contributed by atoms with Gasteiger partial charge in [0, 0.05) is 18.4 Å². The van der Waals surface area contributed by atoms with Crippen LogP contribution >= 0.6 is 15.9 Å². The van der Waals surface area contributed by atoms with Gasteiger partial charge in [-0.05, 0) is 40.9 Å². The number of urea groups is 1. The van der Waals surface area contributed by atoms with Crippen molar-refractivity contribution >= 4 is 27.6 Å². The average molecular weight is 373 g/mol. The fourth-order valence-electron chi connectivity index (χ4n) is 2.34. The number of halogens is 4. The van der Waals surface area contributed by atoms with Gasteiger partial charge in [-0.1, -0.05) is 11.8 Å². The van der Waals surface area contributed by atoms with Crippen LogP contribution < -0.4 is 10.6 Å². The van der Waals surface area contributed by atoms with Crippen molar-refractivity contribution in [3.8, 4) is 11.8 Å². The lowest BCUT2D eigenvalue weighted by Crippen LogP contribution is -2.59. The highest BCUT2D eigenvalue weighted by molar-refractivity contribution is 9.10. The summed E-state index contributed by atoms with van der Waals surface area (Å²) in [5.41, 5.74) is -2.20. The van der Waals surface area contributed by atoms with Gasteiger partial charge in [0.15, 0.2) is 5.54 Å². The summed E-state index contributed by atoms with van der Waals surface area (Å²) in [6.07, 6.45) is 1.71. The van der Waals surface area contributed by atoms with Gasteiger partial charge in [0.05, 0.1) is 10.2 Å². The predicted molar refractivity (Wildman–Crippen MR) is 79.1 cm³/mol. The first-order chi connectivity index (χ1) is 10.2. The summed E-state index contributed by atoms with van der Waals surface area (Å²) < 4.78 is 42.6. The van der Waals surface area contributed by atoms with E-state index in [2.05, 4.69) is 38.4 Å². The van der Waals surface area contributed by atoms with Crippen LogP contribution in [0.3, 0.4) is 0 Å². The van der Waals surface area contributed by atoms with Gasteiger partial charge in [-0.3, -0.25) is 0 Å². The molecule has 0 radical (unpaired) electrons. The predicted octanol–water partition coefficient (Wildman–Crippen LogP) is 3.99. The third kappa shape index (κ3) is 2.45. The molecule has 1 heterocycles. The van der Waals surface area contributed by atoms with Gasteiger partial charge >= 0.3 is 6.03 Å². The summed E-state index contributed by atoms with van der Waals surface area (Å²) in [4.78, 5) is 11.8. The Kier molecular flexibility index (Phi) is 3.40. The Balaban J connectivity index is 2.24. The second kappa shape index (κ2) is 4.92. The maximum Gasteiger partial charge on any atom is 0.320 e. The van der Waals surface area contributed by atoms with Crippen LogP contribution in [-0.2, 0) is 5.54 Å². The fourth-order valence-corrected chi connectivity index (χ4v) is 2.69. The zero-order valence-corrected chi connectivity index (χ0v) is 13.2. The van der Waals surface area contributed by atoms with Crippen molar-refractivity contribution in [3.63, 3.8) is 0 Å². The first-order valence-electron chi connectivity index (χ1n) is 6.72. The Hall–Kier alpha value is -1.68. The third-order valence-corrected chi connectivity index (χ3v) is 4.32. The Morgan fingerprint density at radius 3 is 2.68 bits per heavy atom. The van der Waals surface area contributed by atoms with E-state index in [9.17, 15) is 18.0 Å². The van der Waals surface area contributed by atoms with E-state index in [1.165, 1.54) is 6.07 Å². The maximum atomic E-state index is 14.3. The molecule has 0 unspecified atom stereocenters. The van der Waals surface area contributed by atoms with E-state index in [0.717, 1.165) is 18.9 Å². The minimum absolute atomic E-state index is 0.0646. The third-order valence-electron chi connectivity index (χ3n) is 3.71.